The van der Waals surface area contributed by atoms with Crippen LogP contribution in [0.2, 0.25) is 0 Å². The van der Waals surface area contributed by atoms with Gasteiger partial charge in [-0.15, -0.1) is 0 Å². The number of carboxylic acid groups (broad SMARTS) is 1. The van der Waals surface area contributed by atoms with Gasteiger partial charge in [-0.3, -0.25) is 0 Å². The molecule has 1 N–H and O–H groups in total. The molecule has 17 heavy (non-hydrogen) atoms. The van der Waals surface area contributed by atoms with E-state index in [1.807, 2.05) is 19.1 Å². The van der Waals surface area contributed by atoms with Crippen molar-refractivity contribution in [2.75, 3.05) is 0 Å². The fraction of sp³-hybridized carbons (Fsp3) is 0.0714. The largest absolute Gasteiger partial charge is 0.478 e. The summed E-state index contributed by atoms with van der Waals surface area (Å²) in [4.78, 5) is 11.0. The van der Waals surface area contributed by atoms with Gasteiger partial charge >= 0.3 is 5.97 Å². The summed E-state index contributed by atoms with van der Waals surface area (Å²) in [6, 6.07) is 11.6. The van der Waals surface area contributed by atoms with Gasteiger partial charge in [0.25, 0.3) is 0 Å². The minimum Gasteiger partial charge on any atom is -0.478 e. The third-order valence-electron chi connectivity index (χ3n) is 2.59. The van der Waals surface area contributed by atoms with Crippen molar-refractivity contribution >= 4 is 5.97 Å². The van der Waals surface area contributed by atoms with Gasteiger partial charge in [0.2, 0.25) is 0 Å². The van der Waals surface area contributed by atoms with E-state index < -0.39 is 11.8 Å². The maximum absolute atomic E-state index is 13.5. The molecular weight excluding hydrogens is 219 g/mol. The second kappa shape index (κ2) is 4.37. The fourth-order valence-electron chi connectivity index (χ4n) is 1.72. The van der Waals surface area contributed by atoms with Crippen LogP contribution in [-0.4, -0.2) is 11.1 Å². The Balaban J connectivity index is 2.63. The van der Waals surface area contributed by atoms with Gasteiger partial charge in [0.15, 0.2) is 0 Å². The van der Waals surface area contributed by atoms with Crippen molar-refractivity contribution in [3.8, 4) is 11.1 Å². The molecule has 0 saturated heterocycles. The van der Waals surface area contributed by atoms with Crippen LogP contribution in [0.4, 0.5) is 4.39 Å². The minimum atomic E-state index is -1.25. The summed E-state index contributed by atoms with van der Waals surface area (Å²) in [5.74, 6) is -1.96. The number of aromatic carboxylic acids is 1. The first-order valence-corrected chi connectivity index (χ1v) is 5.18. The highest BCUT2D eigenvalue weighted by molar-refractivity contribution is 5.96. The summed E-state index contributed by atoms with van der Waals surface area (Å²) in [5.41, 5.74) is 1.89. The number of benzene rings is 2. The molecule has 0 aliphatic rings. The van der Waals surface area contributed by atoms with Crippen LogP contribution in [0.25, 0.3) is 11.1 Å². The van der Waals surface area contributed by atoms with Crippen LogP contribution >= 0.6 is 0 Å². The van der Waals surface area contributed by atoms with Crippen LogP contribution in [0.1, 0.15) is 15.9 Å². The third kappa shape index (κ3) is 2.18. The molecule has 0 saturated carbocycles. The van der Waals surface area contributed by atoms with E-state index >= 15 is 0 Å². The second-order valence-electron chi connectivity index (χ2n) is 3.83. The van der Waals surface area contributed by atoms with Crippen LogP contribution in [0, 0.1) is 12.7 Å². The molecular formula is C14H11FO2. The van der Waals surface area contributed by atoms with Crippen molar-refractivity contribution in [2.24, 2.45) is 0 Å². The van der Waals surface area contributed by atoms with E-state index in [0.717, 1.165) is 11.6 Å². The van der Waals surface area contributed by atoms with Gasteiger partial charge in [-0.05, 0) is 24.1 Å². The highest BCUT2D eigenvalue weighted by Crippen LogP contribution is 2.26. The highest BCUT2D eigenvalue weighted by Gasteiger charge is 2.16. The maximum atomic E-state index is 13.5. The molecule has 0 aliphatic carbocycles. The lowest BCUT2D eigenvalue weighted by molar-refractivity contribution is 0.0693. The molecule has 2 aromatic rings. The fourth-order valence-corrected chi connectivity index (χ4v) is 1.72. The molecule has 2 rings (SSSR count). The Bertz CT molecular complexity index is 559. The van der Waals surface area contributed by atoms with Crippen LogP contribution in [0.3, 0.4) is 0 Å². The predicted molar refractivity (Wildman–Crippen MR) is 63.5 cm³/mol. The van der Waals surface area contributed by atoms with Gasteiger partial charge in [0.05, 0.1) is 0 Å². The van der Waals surface area contributed by atoms with Gasteiger partial charge in [0.1, 0.15) is 11.4 Å². The SMILES string of the molecule is Cc1ccc(-c2cccc(F)c2C(=O)O)cc1. The third-order valence-corrected chi connectivity index (χ3v) is 2.59. The van der Waals surface area contributed by atoms with E-state index in [0.29, 0.717) is 11.1 Å². The summed E-state index contributed by atoms with van der Waals surface area (Å²) in [6.45, 7) is 1.94. The first-order valence-electron chi connectivity index (χ1n) is 5.18. The van der Waals surface area contributed by atoms with Crippen molar-refractivity contribution in [3.63, 3.8) is 0 Å². The lowest BCUT2D eigenvalue weighted by atomic mass is 9.98. The van der Waals surface area contributed by atoms with Crippen LogP contribution in [-0.2, 0) is 0 Å². The monoisotopic (exact) mass is 230 g/mol. The van der Waals surface area contributed by atoms with E-state index in [2.05, 4.69) is 0 Å². The Labute approximate surface area is 98.3 Å². The Kier molecular flexibility index (Phi) is 2.91. The molecule has 3 heteroatoms. The Morgan fingerprint density at radius 2 is 1.76 bits per heavy atom. The van der Waals surface area contributed by atoms with E-state index in [4.69, 9.17) is 5.11 Å². The number of aryl methyl sites for hydroxylation is 1. The normalized spacial score (nSPS) is 10.2. The van der Waals surface area contributed by atoms with Gasteiger partial charge in [-0.25, -0.2) is 9.18 Å². The van der Waals surface area contributed by atoms with Gasteiger partial charge in [0, 0.05) is 0 Å². The molecule has 0 atom stereocenters. The number of rotatable bonds is 2. The van der Waals surface area contributed by atoms with Crippen molar-refractivity contribution < 1.29 is 14.3 Å². The van der Waals surface area contributed by atoms with Crippen LogP contribution in [0.5, 0.6) is 0 Å². The molecule has 0 spiro atoms. The van der Waals surface area contributed by atoms with E-state index in [9.17, 15) is 9.18 Å². The molecule has 0 radical (unpaired) electrons. The van der Waals surface area contributed by atoms with Crippen molar-refractivity contribution in [2.45, 2.75) is 6.92 Å². The number of halogens is 1. The molecule has 0 fully saturated rings. The minimum absolute atomic E-state index is 0.281. The lowest BCUT2D eigenvalue weighted by Crippen LogP contribution is -2.03. The molecule has 0 heterocycles. The van der Waals surface area contributed by atoms with Crippen molar-refractivity contribution in [3.05, 3.63) is 59.4 Å². The molecule has 0 aliphatic heterocycles. The summed E-state index contributed by atoms with van der Waals surface area (Å²) in [5, 5.41) is 9.02. The van der Waals surface area contributed by atoms with Gasteiger partial charge in [-0.1, -0.05) is 42.0 Å². The van der Waals surface area contributed by atoms with Crippen LogP contribution < -0.4 is 0 Å². The zero-order valence-corrected chi connectivity index (χ0v) is 9.27. The first-order chi connectivity index (χ1) is 8.09. The van der Waals surface area contributed by atoms with E-state index in [-0.39, 0.29) is 5.56 Å². The second-order valence-corrected chi connectivity index (χ2v) is 3.83. The Morgan fingerprint density at radius 1 is 1.12 bits per heavy atom. The van der Waals surface area contributed by atoms with Crippen LogP contribution in [0.15, 0.2) is 42.5 Å². The molecule has 2 aromatic carbocycles. The zero-order chi connectivity index (χ0) is 12.4. The quantitative estimate of drug-likeness (QED) is 0.857. The van der Waals surface area contributed by atoms with E-state index in [1.165, 1.54) is 6.07 Å². The number of carbonyl (C=O) groups is 1. The predicted octanol–water partition coefficient (Wildman–Crippen LogP) is 3.50. The summed E-state index contributed by atoms with van der Waals surface area (Å²) in [6.07, 6.45) is 0. The Hall–Kier alpha value is -2.16. The Morgan fingerprint density at radius 3 is 2.35 bits per heavy atom. The van der Waals surface area contributed by atoms with Crippen molar-refractivity contribution in [1.29, 1.82) is 0 Å². The molecule has 0 aromatic heterocycles. The number of hydrogen-bond acceptors (Lipinski definition) is 1. The topological polar surface area (TPSA) is 37.3 Å². The molecule has 86 valence electrons. The molecule has 0 unspecified atom stereocenters. The summed E-state index contributed by atoms with van der Waals surface area (Å²) < 4.78 is 13.5. The summed E-state index contributed by atoms with van der Waals surface area (Å²) >= 11 is 0. The van der Waals surface area contributed by atoms with E-state index in [1.54, 1.807) is 18.2 Å². The zero-order valence-electron chi connectivity index (χ0n) is 9.27. The highest BCUT2D eigenvalue weighted by atomic mass is 19.1. The van der Waals surface area contributed by atoms with Crippen molar-refractivity contribution in [1.82, 2.24) is 0 Å². The lowest BCUT2D eigenvalue weighted by Gasteiger charge is -2.07. The standard InChI is InChI=1S/C14H11FO2/c1-9-5-7-10(8-6-9)11-3-2-4-12(15)13(11)14(16)17/h2-8H,1H3,(H,16,17). The average Bonchev–Trinajstić information content (AvgIpc) is 2.29. The number of hydrogen-bond donors (Lipinski definition) is 1. The smallest absolute Gasteiger partial charge is 0.339 e. The molecule has 0 amide bonds. The maximum Gasteiger partial charge on any atom is 0.339 e. The summed E-state index contributed by atoms with van der Waals surface area (Å²) in [7, 11) is 0. The molecule has 2 nitrogen and oxygen atoms in total. The first kappa shape index (κ1) is 11.3. The molecule has 0 bridgehead atoms. The van der Waals surface area contributed by atoms with Gasteiger partial charge < -0.3 is 5.11 Å². The number of carboxylic acids is 1. The average molecular weight is 230 g/mol. The van der Waals surface area contributed by atoms with Gasteiger partial charge in [-0.2, -0.15) is 0 Å².